The fourth-order valence-corrected chi connectivity index (χ4v) is 4.52. The molecule has 0 spiro atoms. The molecule has 3 aliphatic rings. The monoisotopic (exact) mass is 300 g/mol. The Labute approximate surface area is 132 Å². The lowest BCUT2D eigenvalue weighted by atomic mass is 9.53. The van der Waals surface area contributed by atoms with Gasteiger partial charge in [0.25, 0.3) is 0 Å². The summed E-state index contributed by atoms with van der Waals surface area (Å²) >= 11 is 0. The molecule has 3 aliphatic carbocycles. The fourth-order valence-electron chi connectivity index (χ4n) is 4.52. The van der Waals surface area contributed by atoms with Crippen molar-refractivity contribution in [3.8, 4) is 0 Å². The minimum atomic E-state index is -1.25. The minimum absolute atomic E-state index is 0.000654. The maximum atomic E-state index is 11.4. The molecule has 0 aliphatic heterocycles. The second-order valence-electron chi connectivity index (χ2n) is 6.35. The average Bonchev–Trinajstić information content (AvgIpc) is 2.57. The van der Waals surface area contributed by atoms with Gasteiger partial charge in [-0.15, -0.1) is 6.58 Å². The second kappa shape index (κ2) is 5.34. The number of hydrogen-bond acceptors (Lipinski definition) is 3. The van der Waals surface area contributed by atoms with Gasteiger partial charge in [0, 0.05) is 26.1 Å². The van der Waals surface area contributed by atoms with Crippen LogP contribution in [0.25, 0.3) is 0 Å². The molecule has 1 fully saturated rings. The van der Waals surface area contributed by atoms with E-state index in [1.165, 1.54) is 11.1 Å². The zero-order valence-corrected chi connectivity index (χ0v) is 13.5. The van der Waals surface area contributed by atoms with Gasteiger partial charge in [-0.3, -0.25) is 0 Å². The van der Waals surface area contributed by atoms with Gasteiger partial charge in [-0.2, -0.15) is 0 Å². The smallest absolute Gasteiger partial charge is 0.207 e. The van der Waals surface area contributed by atoms with E-state index in [9.17, 15) is 5.11 Å². The highest BCUT2D eigenvalue weighted by molar-refractivity contribution is 5.38. The molecular formula is C19H24O3. The summed E-state index contributed by atoms with van der Waals surface area (Å²) in [6.07, 6.45) is 4.66. The Morgan fingerprint density at radius 3 is 2.41 bits per heavy atom. The third kappa shape index (κ3) is 1.79. The molecule has 0 aromatic heterocycles. The van der Waals surface area contributed by atoms with Crippen molar-refractivity contribution in [2.45, 2.75) is 30.7 Å². The topological polar surface area (TPSA) is 38.7 Å². The van der Waals surface area contributed by atoms with Gasteiger partial charge in [0.1, 0.15) is 5.60 Å². The molecule has 1 aromatic rings. The lowest BCUT2D eigenvalue weighted by Gasteiger charge is -2.60. The molecule has 0 unspecified atom stereocenters. The first kappa shape index (κ1) is 15.5. The molecule has 4 rings (SSSR count). The van der Waals surface area contributed by atoms with Crippen molar-refractivity contribution in [3.63, 3.8) is 0 Å². The van der Waals surface area contributed by atoms with Crippen molar-refractivity contribution >= 4 is 0 Å². The van der Waals surface area contributed by atoms with Crippen LogP contribution in [-0.4, -0.2) is 30.7 Å². The van der Waals surface area contributed by atoms with Crippen molar-refractivity contribution in [2.75, 3.05) is 14.2 Å². The summed E-state index contributed by atoms with van der Waals surface area (Å²) in [5.41, 5.74) is 1.20. The van der Waals surface area contributed by atoms with E-state index in [4.69, 9.17) is 9.47 Å². The summed E-state index contributed by atoms with van der Waals surface area (Å²) in [6, 6.07) is 10.3. The van der Waals surface area contributed by atoms with Gasteiger partial charge in [-0.05, 0) is 24.8 Å². The molecule has 1 aromatic carbocycles. The first-order chi connectivity index (χ1) is 10.5. The van der Waals surface area contributed by atoms with E-state index >= 15 is 0 Å². The molecule has 1 saturated carbocycles. The third-order valence-corrected chi connectivity index (χ3v) is 5.59. The third-order valence-electron chi connectivity index (χ3n) is 5.59. The predicted molar refractivity (Wildman–Crippen MR) is 86.4 cm³/mol. The van der Waals surface area contributed by atoms with Crippen molar-refractivity contribution in [1.29, 1.82) is 0 Å². The molecule has 3 heteroatoms. The standard InChI is InChI=1S/C19H24O3/c1-5-18(20)17-11-13(2)16(19(18,21-3)22-4)12-15(17)14-9-7-6-8-10-14/h5-11,15-17,20H,1,12H2,2-4H3/t15-,16+,17+,18+/m0/s1. The SMILES string of the molecule is C=C[C@@]1(O)[C@@H]2C=C(C)[C@@H](C[C@H]2c2ccccc2)C1(OC)OC. The average molecular weight is 300 g/mol. The van der Waals surface area contributed by atoms with Crippen LogP contribution in [-0.2, 0) is 9.47 Å². The van der Waals surface area contributed by atoms with Crippen LogP contribution in [0.5, 0.6) is 0 Å². The largest absolute Gasteiger partial charge is 0.379 e. The van der Waals surface area contributed by atoms with Gasteiger partial charge in [0.15, 0.2) is 0 Å². The highest BCUT2D eigenvalue weighted by atomic mass is 16.7. The first-order valence-corrected chi connectivity index (χ1v) is 7.73. The van der Waals surface area contributed by atoms with Gasteiger partial charge in [0.2, 0.25) is 5.79 Å². The van der Waals surface area contributed by atoms with Crippen LogP contribution in [0, 0.1) is 11.8 Å². The van der Waals surface area contributed by atoms with Gasteiger partial charge < -0.3 is 14.6 Å². The summed E-state index contributed by atoms with van der Waals surface area (Å²) < 4.78 is 11.5. The van der Waals surface area contributed by atoms with Crippen LogP contribution in [0.3, 0.4) is 0 Å². The highest BCUT2D eigenvalue weighted by Crippen LogP contribution is 2.59. The lowest BCUT2D eigenvalue weighted by Crippen LogP contribution is -2.69. The van der Waals surface area contributed by atoms with Crippen LogP contribution < -0.4 is 0 Å². The van der Waals surface area contributed by atoms with E-state index < -0.39 is 11.4 Å². The molecule has 2 bridgehead atoms. The molecule has 3 nitrogen and oxygen atoms in total. The van der Waals surface area contributed by atoms with Gasteiger partial charge in [0.05, 0.1) is 0 Å². The second-order valence-corrected chi connectivity index (χ2v) is 6.35. The van der Waals surface area contributed by atoms with E-state index in [1.54, 1.807) is 20.3 Å². The quantitative estimate of drug-likeness (QED) is 0.685. The summed E-state index contributed by atoms with van der Waals surface area (Å²) in [7, 11) is 3.20. The zero-order chi connectivity index (χ0) is 16.0. The predicted octanol–water partition coefficient (Wildman–Crippen LogP) is 3.27. The Hall–Kier alpha value is -1.42. The Bertz CT molecular complexity index is 588. The number of methoxy groups -OCH3 is 2. The molecule has 118 valence electrons. The van der Waals surface area contributed by atoms with E-state index in [2.05, 4.69) is 31.7 Å². The molecule has 0 heterocycles. The Kier molecular flexibility index (Phi) is 3.76. The van der Waals surface area contributed by atoms with Crippen molar-refractivity contribution in [3.05, 3.63) is 60.2 Å². The summed E-state index contributed by atoms with van der Waals surface area (Å²) in [4.78, 5) is 0. The zero-order valence-electron chi connectivity index (χ0n) is 13.5. The maximum Gasteiger partial charge on any atom is 0.207 e. The van der Waals surface area contributed by atoms with Gasteiger partial charge in [-0.1, -0.05) is 48.1 Å². The van der Waals surface area contributed by atoms with Crippen LogP contribution >= 0.6 is 0 Å². The molecule has 1 N–H and O–H groups in total. The Balaban J connectivity index is 2.14. The molecule has 22 heavy (non-hydrogen) atoms. The van der Waals surface area contributed by atoms with Gasteiger partial charge >= 0.3 is 0 Å². The molecular weight excluding hydrogens is 276 g/mol. The number of rotatable bonds is 4. The van der Waals surface area contributed by atoms with E-state index in [0.29, 0.717) is 0 Å². The molecule has 0 saturated heterocycles. The van der Waals surface area contributed by atoms with Crippen molar-refractivity contribution in [2.24, 2.45) is 11.8 Å². The Morgan fingerprint density at radius 1 is 1.23 bits per heavy atom. The number of hydrogen-bond donors (Lipinski definition) is 1. The van der Waals surface area contributed by atoms with Crippen LogP contribution in [0.2, 0.25) is 0 Å². The summed E-state index contributed by atoms with van der Waals surface area (Å²) in [5, 5.41) is 11.4. The summed E-state index contributed by atoms with van der Waals surface area (Å²) in [6.45, 7) is 5.97. The van der Waals surface area contributed by atoms with E-state index in [0.717, 1.165) is 6.42 Å². The minimum Gasteiger partial charge on any atom is -0.379 e. The normalized spacial score (nSPS) is 36.0. The van der Waals surface area contributed by atoms with E-state index in [1.807, 2.05) is 18.2 Å². The molecule has 0 amide bonds. The lowest BCUT2D eigenvalue weighted by molar-refractivity contribution is -0.336. The molecule has 0 radical (unpaired) electrons. The summed E-state index contributed by atoms with van der Waals surface area (Å²) in [5.74, 6) is -0.946. The highest BCUT2D eigenvalue weighted by Gasteiger charge is 2.66. The number of fused-ring (bicyclic) bond motifs is 2. The number of benzene rings is 1. The van der Waals surface area contributed by atoms with Gasteiger partial charge in [-0.25, -0.2) is 0 Å². The van der Waals surface area contributed by atoms with Crippen LogP contribution in [0.1, 0.15) is 24.8 Å². The van der Waals surface area contributed by atoms with Crippen molar-refractivity contribution < 1.29 is 14.6 Å². The fraction of sp³-hybridized carbons (Fsp3) is 0.474. The maximum absolute atomic E-state index is 11.4. The van der Waals surface area contributed by atoms with Crippen molar-refractivity contribution in [1.82, 2.24) is 0 Å². The van der Waals surface area contributed by atoms with Crippen LogP contribution in [0.4, 0.5) is 0 Å². The first-order valence-electron chi connectivity index (χ1n) is 7.73. The number of aliphatic hydroxyl groups is 1. The number of ether oxygens (including phenoxy) is 2. The van der Waals surface area contributed by atoms with E-state index in [-0.39, 0.29) is 17.8 Å². The molecule has 4 atom stereocenters. The van der Waals surface area contributed by atoms with Crippen LogP contribution in [0.15, 0.2) is 54.6 Å². The Morgan fingerprint density at radius 2 is 1.86 bits per heavy atom.